The van der Waals surface area contributed by atoms with Crippen LogP contribution in [0.15, 0.2) is 188 Å². The summed E-state index contributed by atoms with van der Waals surface area (Å²) in [5.41, 5.74) is 10.6. The minimum absolute atomic E-state index is 1.12. The fraction of sp³-hybridized carbons (Fsp3) is 0. The number of benzene rings is 8. The zero-order valence-corrected chi connectivity index (χ0v) is 27.1. The Morgan fingerprint density at radius 1 is 0.333 bits per heavy atom. The molecule has 0 spiro atoms. The second-order valence-corrected chi connectivity index (χ2v) is 13.2. The van der Waals surface area contributed by atoms with Crippen molar-refractivity contribution < 1.29 is 0 Å². The summed E-state index contributed by atoms with van der Waals surface area (Å²) >= 11 is 1.88. The van der Waals surface area contributed by atoms with Gasteiger partial charge in [-0.3, -0.25) is 0 Å². The van der Waals surface area contributed by atoms with Gasteiger partial charge in [-0.2, -0.15) is 0 Å². The van der Waals surface area contributed by atoms with Crippen molar-refractivity contribution in [3.05, 3.63) is 188 Å². The second kappa shape index (κ2) is 12.0. The third kappa shape index (κ3) is 5.04. The summed E-state index contributed by atoms with van der Waals surface area (Å²) in [6.07, 6.45) is 0. The molecule has 1 heterocycles. The fourth-order valence-corrected chi connectivity index (χ4v) is 8.13. The Balaban J connectivity index is 1.25. The minimum Gasteiger partial charge on any atom is -0.310 e. The highest BCUT2D eigenvalue weighted by Gasteiger charge is 2.18. The van der Waals surface area contributed by atoms with Gasteiger partial charge in [-0.1, -0.05) is 146 Å². The molecule has 0 radical (unpaired) electrons. The average Bonchev–Trinajstić information content (AvgIpc) is 3.55. The standard InChI is InChI=1S/C46H31NS/c1-4-12-32(13-5-1)33-20-23-37(24-21-33)47(38-25-28-40(34-14-6-2-7-15-34)43(30-38)35-16-8-3-9-17-35)39-26-29-45-44(31-39)42-27-22-36-18-10-11-19-41(36)46(42)48-45/h1-31H. The molecule has 0 unspecified atom stereocenters. The maximum atomic E-state index is 2.40. The highest BCUT2D eigenvalue weighted by molar-refractivity contribution is 7.26. The van der Waals surface area contributed by atoms with Crippen LogP contribution in [-0.4, -0.2) is 0 Å². The number of rotatable bonds is 6. The second-order valence-electron chi connectivity index (χ2n) is 12.2. The van der Waals surface area contributed by atoms with Crippen LogP contribution in [0.5, 0.6) is 0 Å². The van der Waals surface area contributed by atoms with E-state index in [2.05, 4.69) is 193 Å². The van der Waals surface area contributed by atoms with Crippen molar-refractivity contribution in [3.63, 3.8) is 0 Å². The molecular weight excluding hydrogens is 599 g/mol. The van der Waals surface area contributed by atoms with E-state index in [1.807, 2.05) is 11.3 Å². The molecule has 2 heteroatoms. The van der Waals surface area contributed by atoms with E-state index in [0.717, 1.165) is 17.1 Å². The van der Waals surface area contributed by atoms with Crippen molar-refractivity contribution >= 4 is 59.3 Å². The summed E-state index contributed by atoms with van der Waals surface area (Å²) < 4.78 is 2.64. The number of thiophene rings is 1. The molecule has 0 amide bonds. The summed E-state index contributed by atoms with van der Waals surface area (Å²) in [4.78, 5) is 2.40. The first kappa shape index (κ1) is 28.3. The number of hydrogen-bond acceptors (Lipinski definition) is 2. The first-order valence-corrected chi connectivity index (χ1v) is 17.2. The van der Waals surface area contributed by atoms with Crippen molar-refractivity contribution in [2.45, 2.75) is 0 Å². The van der Waals surface area contributed by atoms with Crippen LogP contribution in [0.3, 0.4) is 0 Å². The van der Waals surface area contributed by atoms with Gasteiger partial charge in [-0.15, -0.1) is 11.3 Å². The van der Waals surface area contributed by atoms with Crippen LogP contribution >= 0.6 is 11.3 Å². The Bertz CT molecular complexity index is 2530. The molecule has 0 aliphatic heterocycles. The SMILES string of the molecule is c1ccc(-c2ccc(N(c3ccc(-c4ccccc4)c(-c4ccccc4)c3)c3ccc4sc5c6ccccc6ccc5c4c3)cc2)cc1. The van der Waals surface area contributed by atoms with E-state index in [4.69, 9.17) is 0 Å². The van der Waals surface area contributed by atoms with Crippen LogP contribution in [0.4, 0.5) is 17.1 Å². The maximum Gasteiger partial charge on any atom is 0.0468 e. The van der Waals surface area contributed by atoms with Crippen molar-refractivity contribution in [3.8, 4) is 33.4 Å². The summed E-state index contributed by atoms with van der Waals surface area (Å²) in [6.45, 7) is 0. The zero-order chi connectivity index (χ0) is 31.9. The molecule has 0 atom stereocenters. The lowest BCUT2D eigenvalue weighted by Gasteiger charge is -2.27. The lowest BCUT2D eigenvalue weighted by atomic mass is 9.93. The Hall–Kier alpha value is -5.96. The molecule has 0 bridgehead atoms. The van der Waals surface area contributed by atoms with Crippen LogP contribution in [0.1, 0.15) is 0 Å². The number of anilines is 3. The van der Waals surface area contributed by atoms with Crippen molar-refractivity contribution in [1.29, 1.82) is 0 Å². The Labute approximate surface area is 284 Å². The highest BCUT2D eigenvalue weighted by Crippen LogP contribution is 2.44. The van der Waals surface area contributed by atoms with Crippen LogP contribution in [-0.2, 0) is 0 Å². The molecule has 0 N–H and O–H groups in total. The topological polar surface area (TPSA) is 3.24 Å². The maximum absolute atomic E-state index is 2.40. The Kier molecular flexibility index (Phi) is 7.07. The van der Waals surface area contributed by atoms with E-state index >= 15 is 0 Å². The molecule has 0 saturated heterocycles. The molecule has 9 rings (SSSR count). The average molecular weight is 630 g/mol. The molecule has 9 aromatic rings. The Morgan fingerprint density at radius 2 is 0.896 bits per heavy atom. The molecule has 0 aliphatic carbocycles. The number of fused-ring (bicyclic) bond motifs is 5. The molecule has 0 saturated carbocycles. The third-order valence-electron chi connectivity index (χ3n) is 9.27. The quantitative estimate of drug-likeness (QED) is 0.177. The first-order chi connectivity index (χ1) is 23.8. The molecule has 1 nitrogen and oxygen atoms in total. The van der Waals surface area contributed by atoms with E-state index in [0.29, 0.717) is 0 Å². The van der Waals surface area contributed by atoms with Crippen LogP contribution < -0.4 is 4.90 Å². The fourth-order valence-electron chi connectivity index (χ4n) is 6.91. The molecule has 0 fully saturated rings. The van der Waals surface area contributed by atoms with Crippen LogP contribution in [0.2, 0.25) is 0 Å². The van der Waals surface area contributed by atoms with Gasteiger partial charge in [-0.05, 0) is 86.6 Å². The summed E-state index contributed by atoms with van der Waals surface area (Å²) in [5, 5.41) is 5.19. The van der Waals surface area contributed by atoms with Gasteiger partial charge in [0.2, 0.25) is 0 Å². The minimum atomic E-state index is 1.12. The smallest absolute Gasteiger partial charge is 0.0468 e. The van der Waals surface area contributed by atoms with Gasteiger partial charge in [-0.25, -0.2) is 0 Å². The normalized spacial score (nSPS) is 11.3. The lowest BCUT2D eigenvalue weighted by molar-refractivity contribution is 1.29. The van der Waals surface area contributed by atoms with Gasteiger partial charge in [0.05, 0.1) is 0 Å². The van der Waals surface area contributed by atoms with Gasteiger partial charge in [0.1, 0.15) is 0 Å². The van der Waals surface area contributed by atoms with Gasteiger partial charge in [0.15, 0.2) is 0 Å². The monoisotopic (exact) mass is 629 g/mol. The van der Waals surface area contributed by atoms with Crippen LogP contribution in [0, 0.1) is 0 Å². The van der Waals surface area contributed by atoms with E-state index in [1.54, 1.807) is 0 Å². The van der Waals surface area contributed by atoms with Crippen molar-refractivity contribution in [2.75, 3.05) is 4.90 Å². The Morgan fingerprint density at radius 3 is 1.62 bits per heavy atom. The molecule has 8 aromatic carbocycles. The highest BCUT2D eigenvalue weighted by atomic mass is 32.1. The molecule has 226 valence electrons. The third-order valence-corrected chi connectivity index (χ3v) is 10.5. The largest absolute Gasteiger partial charge is 0.310 e. The van der Waals surface area contributed by atoms with Gasteiger partial charge in [0.25, 0.3) is 0 Å². The van der Waals surface area contributed by atoms with Gasteiger partial charge >= 0.3 is 0 Å². The van der Waals surface area contributed by atoms with Crippen molar-refractivity contribution in [1.82, 2.24) is 0 Å². The number of nitrogens with zero attached hydrogens (tertiary/aromatic N) is 1. The predicted molar refractivity (Wildman–Crippen MR) is 208 cm³/mol. The van der Waals surface area contributed by atoms with E-state index in [9.17, 15) is 0 Å². The summed E-state index contributed by atoms with van der Waals surface area (Å²) in [6, 6.07) is 68.1. The van der Waals surface area contributed by atoms with E-state index in [-0.39, 0.29) is 0 Å². The lowest BCUT2D eigenvalue weighted by Crippen LogP contribution is -2.10. The predicted octanol–water partition coefficient (Wildman–Crippen LogP) is 13.7. The first-order valence-electron chi connectivity index (χ1n) is 16.3. The molecule has 48 heavy (non-hydrogen) atoms. The summed E-state index contributed by atoms with van der Waals surface area (Å²) in [5.74, 6) is 0. The van der Waals surface area contributed by atoms with Gasteiger partial charge in [0, 0.05) is 37.2 Å². The van der Waals surface area contributed by atoms with E-state index in [1.165, 1.54) is 64.3 Å². The zero-order valence-electron chi connectivity index (χ0n) is 26.3. The van der Waals surface area contributed by atoms with Crippen LogP contribution in [0.25, 0.3) is 64.3 Å². The van der Waals surface area contributed by atoms with Crippen molar-refractivity contribution in [2.24, 2.45) is 0 Å². The number of hydrogen-bond donors (Lipinski definition) is 0. The van der Waals surface area contributed by atoms with Gasteiger partial charge < -0.3 is 4.90 Å². The molecular formula is C46H31NS. The summed E-state index contributed by atoms with van der Waals surface area (Å²) in [7, 11) is 0. The molecule has 0 aliphatic rings. The molecule has 1 aromatic heterocycles. The van der Waals surface area contributed by atoms with E-state index < -0.39 is 0 Å².